The number of amides is 1. The topological polar surface area (TPSA) is 32.3 Å². The quantitative estimate of drug-likeness (QED) is 0.818. The molecular formula is C13H19ClN2O. The van der Waals surface area contributed by atoms with E-state index in [4.69, 9.17) is 11.6 Å². The second-order valence-corrected chi connectivity index (χ2v) is 4.80. The minimum absolute atomic E-state index is 0.103. The number of carbonyl (C=O) groups is 1. The van der Waals surface area contributed by atoms with Crippen LogP contribution in [-0.4, -0.2) is 38.0 Å². The van der Waals surface area contributed by atoms with Crippen molar-refractivity contribution in [3.63, 3.8) is 0 Å². The predicted octanol–water partition coefficient (Wildman–Crippen LogP) is 2.33. The molecule has 0 aliphatic heterocycles. The maximum absolute atomic E-state index is 11.8. The van der Waals surface area contributed by atoms with E-state index in [9.17, 15) is 4.79 Å². The Morgan fingerprint density at radius 3 is 2.71 bits per heavy atom. The Balaban J connectivity index is 2.47. The van der Waals surface area contributed by atoms with Crippen LogP contribution in [0.2, 0.25) is 5.02 Å². The largest absolute Gasteiger partial charge is 0.352 e. The van der Waals surface area contributed by atoms with Crippen molar-refractivity contribution < 1.29 is 4.79 Å². The summed E-state index contributed by atoms with van der Waals surface area (Å²) >= 11 is 6.02. The summed E-state index contributed by atoms with van der Waals surface area (Å²) in [7, 11) is 4.03. The van der Waals surface area contributed by atoms with E-state index >= 15 is 0 Å². The molecule has 17 heavy (non-hydrogen) atoms. The highest BCUT2D eigenvalue weighted by molar-refractivity contribution is 6.33. The van der Waals surface area contributed by atoms with Crippen LogP contribution in [0.4, 0.5) is 0 Å². The SMILES string of the molecule is Cc1ccc(C(=O)NCCCN(C)C)c(Cl)c1. The van der Waals surface area contributed by atoms with Crippen LogP contribution < -0.4 is 5.32 Å². The van der Waals surface area contributed by atoms with Gasteiger partial charge in [0.15, 0.2) is 0 Å². The summed E-state index contributed by atoms with van der Waals surface area (Å²) in [5, 5.41) is 3.37. The molecule has 1 aromatic carbocycles. The molecular weight excluding hydrogens is 236 g/mol. The van der Waals surface area contributed by atoms with Crippen LogP contribution in [0.5, 0.6) is 0 Å². The molecule has 1 aromatic rings. The molecule has 1 rings (SSSR count). The third-order valence-corrected chi connectivity index (χ3v) is 2.75. The maximum atomic E-state index is 11.8. The van der Waals surface area contributed by atoms with Crippen LogP contribution in [-0.2, 0) is 0 Å². The van der Waals surface area contributed by atoms with E-state index in [0.29, 0.717) is 17.1 Å². The molecule has 0 heterocycles. The number of aryl methyl sites for hydroxylation is 1. The zero-order valence-corrected chi connectivity index (χ0v) is 11.3. The van der Waals surface area contributed by atoms with Gasteiger partial charge < -0.3 is 10.2 Å². The van der Waals surface area contributed by atoms with Crippen molar-refractivity contribution in [2.24, 2.45) is 0 Å². The van der Waals surface area contributed by atoms with E-state index in [2.05, 4.69) is 10.2 Å². The van der Waals surface area contributed by atoms with E-state index in [1.165, 1.54) is 0 Å². The molecule has 0 saturated carbocycles. The number of carbonyl (C=O) groups excluding carboxylic acids is 1. The smallest absolute Gasteiger partial charge is 0.252 e. The van der Waals surface area contributed by atoms with E-state index < -0.39 is 0 Å². The Morgan fingerprint density at radius 2 is 2.12 bits per heavy atom. The average molecular weight is 255 g/mol. The summed E-state index contributed by atoms with van der Waals surface area (Å²) in [6.07, 6.45) is 0.933. The molecule has 0 radical (unpaired) electrons. The van der Waals surface area contributed by atoms with Crippen LogP contribution in [0, 0.1) is 6.92 Å². The lowest BCUT2D eigenvalue weighted by molar-refractivity contribution is 0.0952. The molecule has 94 valence electrons. The highest BCUT2D eigenvalue weighted by atomic mass is 35.5. The van der Waals surface area contributed by atoms with Gasteiger partial charge in [0.25, 0.3) is 5.91 Å². The van der Waals surface area contributed by atoms with E-state index in [1.807, 2.05) is 27.1 Å². The summed E-state index contributed by atoms with van der Waals surface area (Å²) in [5.74, 6) is -0.103. The number of hydrogen-bond donors (Lipinski definition) is 1. The highest BCUT2D eigenvalue weighted by Gasteiger charge is 2.09. The van der Waals surface area contributed by atoms with Crippen molar-refractivity contribution in [1.82, 2.24) is 10.2 Å². The van der Waals surface area contributed by atoms with Gasteiger partial charge in [0.1, 0.15) is 0 Å². The fourth-order valence-electron chi connectivity index (χ4n) is 1.50. The summed E-state index contributed by atoms with van der Waals surface area (Å²) in [6, 6.07) is 5.45. The van der Waals surface area contributed by atoms with Gasteiger partial charge in [0.05, 0.1) is 10.6 Å². The van der Waals surface area contributed by atoms with Crippen LogP contribution in [0.15, 0.2) is 18.2 Å². The number of benzene rings is 1. The molecule has 0 atom stereocenters. The van der Waals surface area contributed by atoms with Gasteiger partial charge in [-0.25, -0.2) is 0 Å². The summed E-state index contributed by atoms with van der Waals surface area (Å²) < 4.78 is 0. The third-order valence-electron chi connectivity index (χ3n) is 2.44. The van der Waals surface area contributed by atoms with Crippen molar-refractivity contribution in [3.05, 3.63) is 34.3 Å². The maximum Gasteiger partial charge on any atom is 0.252 e. The van der Waals surface area contributed by atoms with Gasteiger partial charge in [0.2, 0.25) is 0 Å². The summed E-state index contributed by atoms with van der Waals surface area (Å²) in [5.41, 5.74) is 1.60. The van der Waals surface area contributed by atoms with Gasteiger partial charge in [-0.05, 0) is 51.7 Å². The minimum Gasteiger partial charge on any atom is -0.352 e. The zero-order chi connectivity index (χ0) is 12.8. The van der Waals surface area contributed by atoms with Crippen LogP contribution in [0.25, 0.3) is 0 Å². The van der Waals surface area contributed by atoms with Crippen LogP contribution >= 0.6 is 11.6 Å². The Bertz CT molecular complexity index is 391. The molecule has 0 unspecified atom stereocenters. The Hall–Kier alpha value is -1.06. The second-order valence-electron chi connectivity index (χ2n) is 4.40. The number of hydrogen-bond acceptors (Lipinski definition) is 2. The number of nitrogens with one attached hydrogen (secondary N) is 1. The molecule has 0 spiro atoms. The standard InChI is InChI=1S/C13H19ClN2O/c1-10-5-6-11(12(14)9-10)13(17)15-7-4-8-16(2)3/h5-6,9H,4,7-8H2,1-3H3,(H,15,17). The number of nitrogens with zero attached hydrogens (tertiary/aromatic N) is 1. The monoisotopic (exact) mass is 254 g/mol. The van der Waals surface area contributed by atoms with Crippen molar-refractivity contribution in [1.29, 1.82) is 0 Å². The molecule has 0 aliphatic rings. The number of rotatable bonds is 5. The van der Waals surface area contributed by atoms with Crippen molar-refractivity contribution >= 4 is 17.5 Å². The molecule has 0 aliphatic carbocycles. The van der Waals surface area contributed by atoms with Gasteiger partial charge in [-0.3, -0.25) is 4.79 Å². The number of halogens is 1. The molecule has 0 bridgehead atoms. The third kappa shape index (κ3) is 4.75. The Labute approximate surface area is 108 Å². The first kappa shape index (κ1) is 14.0. The van der Waals surface area contributed by atoms with E-state index in [0.717, 1.165) is 18.5 Å². The van der Waals surface area contributed by atoms with Gasteiger partial charge in [-0.15, -0.1) is 0 Å². The summed E-state index contributed by atoms with van der Waals surface area (Å²) in [6.45, 7) is 3.58. The molecule has 0 saturated heterocycles. The van der Waals surface area contributed by atoms with Crippen molar-refractivity contribution in [2.75, 3.05) is 27.2 Å². The van der Waals surface area contributed by atoms with E-state index in [1.54, 1.807) is 12.1 Å². The predicted molar refractivity (Wildman–Crippen MR) is 71.7 cm³/mol. The van der Waals surface area contributed by atoms with Crippen LogP contribution in [0.3, 0.4) is 0 Å². The van der Waals surface area contributed by atoms with Crippen LogP contribution in [0.1, 0.15) is 22.3 Å². The Kier molecular flexibility index (Phi) is 5.45. The Morgan fingerprint density at radius 1 is 1.41 bits per heavy atom. The molecule has 0 aromatic heterocycles. The first-order chi connectivity index (χ1) is 8.00. The fourth-order valence-corrected chi connectivity index (χ4v) is 1.82. The van der Waals surface area contributed by atoms with Gasteiger partial charge in [-0.2, -0.15) is 0 Å². The van der Waals surface area contributed by atoms with E-state index in [-0.39, 0.29) is 5.91 Å². The molecule has 1 amide bonds. The van der Waals surface area contributed by atoms with Gasteiger partial charge in [0, 0.05) is 6.54 Å². The lowest BCUT2D eigenvalue weighted by atomic mass is 10.1. The van der Waals surface area contributed by atoms with Crippen molar-refractivity contribution in [2.45, 2.75) is 13.3 Å². The fraction of sp³-hybridized carbons (Fsp3) is 0.462. The lowest BCUT2D eigenvalue weighted by Crippen LogP contribution is -2.27. The minimum atomic E-state index is -0.103. The first-order valence-electron chi connectivity index (χ1n) is 5.70. The highest BCUT2D eigenvalue weighted by Crippen LogP contribution is 2.17. The molecule has 3 nitrogen and oxygen atoms in total. The van der Waals surface area contributed by atoms with Crippen molar-refractivity contribution in [3.8, 4) is 0 Å². The van der Waals surface area contributed by atoms with Gasteiger partial charge in [-0.1, -0.05) is 17.7 Å². The first-order valence-corrected chi connectivity index (χ1v) is 6.07. The lowest BCUT2D eigenvalue weighted by Gasteiger charge is -2.10. The van der Waals surface area contributed by atoms with Gasteiger partial charge >= 0.3 is 0 Å². The molecule has 4 heteroatoms. The second kappa shape index (κ2) is 6.62. The molecule has 0 fully saturated rings. The normalized spacial score (nSPS) is 10.6. The zero-order valence-electron chi connectivity index (χ0n) is 10.6. The summed E-state index contributed by atoms with van der Waals surface area (Å²) in [4.78, 5) is 13.9. The average Bonchev–Trinajstić information content (AvgIpc) is 2.23. The molecule has 1 N–H and O–H groups in total.